The minimum absolute atomic E-state index is 0.0636. The standard InChI is InChI=1S/C21H28N2O4S/c1-15(27-18-9-7-17(8-10-18)21(2,3)4)20(24)23-14-13-16-5-11-19(12-6-16)28(22,25)26/h5-12,15H,13-14H2,1-4H3,(H,23,24)(H2,22,25,26). The molecule has 0 fully saturated rings. The van der Waals surface area contributed by atoms with Crippen molar-refractivity contribution >= 4 is 15.9 Å². The smallest absolute Gasteiger partial charge is 0.260 e. The first kappa shape index (κ1) is 21.9. The van der Waals surface area contributed by atoms with E-state index < -0.39 is 16.1 Å². The van der Waals surface area contributed by atoms with Crippen molar-refractivity contribution in [1.29, 1.82) is 0 Å². The van der Waals surface area contributed by atoms with Gasteiger partial charge >= 0.3 is 0 Å². The molecule has 0 spiro atoms. The van der Waals surface area contributed by atoms with E-state index in [1.807, 2.05) is 24.3 Å². The number of hydrogen-bond donors (Lipinski definition) is 2. The number of rotatable bonds is 7. The summed E-state index contributed by atoms with van der Waals surface area (Å²) in [6, 6.07) is 14.0. The number of carbonyl (C=O) groups is 1. The normalized spacial score (nSPS) is 13.0. The van der Waals surface area contributed by atoms with Crippen LogP contribution in [0.3, 0.4) is 0 Å². The number of nitrogens with two attached hydrogens (primary N) is 1. The van der Waals surface area contributed by atoms with E-state index in [1.165, 1.54) is 17.7 Å². The molecule has 0 bridgehead atoms. The van der Waals surface area contributed by atoms with E-state index in [4.69, 9.17) is 9.88 Å². The summed E-state index contributed by atoms with van der Waals surface area (Å²) in [6.07, 6.45) is -0.0471. The van der Waals surface area contributed by atoms with E-state index in [9.17, 15) is 13.2 Å². The van der Waals surface area contributed by atoms with Gasteiger partial charge in [0, 0.05) is 6.54 Å². The molecule has 0 saturated heterocycles. The fourth-order valence-electron chi connectivity index (χ4n) is 2.61. The summed E-state index contributed by atoms with van der Waals surface area (Å²) < 4.78 is 28.2. The lowest BCUT2D eigenvalue weighted by atomic mass is 9.87. The lowest BCUT2D eigenvalue weighted by molar-refractivity contribution is -0.127. The topological polar surface area (TPSA) is 98.5 Å². The molecule has 0 aliphatic carbocycles. The third-order valence-electron chi connectivity index (χ3n) is 4.37. The van der Waals surface area contributed by atoms with E-state index >= 15 is 0 Å². The molecule has 1 amide bonds. The van der Waals surface area contributed by atoms with Crippen molar-refractivity contribution in [2.45, 2.75) is 50.5 Å². The molecule has 3 N–H and O–H groups in total. The molecule has 7 heteroatoms. The first-order valence-electron chi connectivity index (χ1n) is 9.13. The first-order chi connectivity index (χ1) is 13.0. The van der Waals surface area contributed by atoms with Crippen molar-refractivity contribution in [3.8, 4) is 5.75 Å². The van der Waals surface area contributed by atoms with Crippen LogP contribution in [-0.4, -0.2) is 27.0 Å². The van der Waals surface area contributed by atoms with Crippen LogP contribution in [-0.2, 0) is 26.7 Å². The van der Waals surface area contributed by atoms with Crippen molar-refractivity contribution < 1.29 is 17.9 Å². The third-order valence-corrected chi connectivity index (χ3v) is 5.30. The Morgan fingerprint density at radius 2 is 1.64 bits per heavy atom. The molecule has 1 unspecified atom stereocenters. The molecule has 2 rings (SSSR count). The average Bonchev–Trinajstić information content (AvgIpc) is 2.61. The van der Waals surface area contributed by atoms with Crippen LogP contribution in [0.25, 0.3) is 0 Å². The molecular formula is C21H28N2O4S. The van der Waals surface area contributed by atoms with Gasteiger partial charge in [0.2, 0.25) is 10.0 Å². The van der Waals surface area contributed by atoms with Gasteiger partial charge in [-0.15, -0.1) is 0 Å². The molecule has 0 saturated carbocycles. The number of benzene rings is 2. The Kier molecular flexibility index (Phi) is 6.85. The van der Waals surface area contributed by atoms with Gasteiger partial charge in [0.05, 0.1) is 4.90 Å². The average molecular weight is 405 g/mol. The lowest BCUT2D eigenvalue weighted by Gasteiger charge is -2.20. The third kappa shape index (κ3) is 6.35. The maximum Gasteiger partial charge on any atom is 0.260 e. The van der Waals surface area contributed by atoms with Crippen LogP contribution in [0.5, 0.6) is 5.75 Å². The highest BCUT2D eigenvalue weighted by molar-refractivity contribution is 7.89. The maximum absolute atomic E-state index is 12.2. The van der Waals surface area contributed by atoms with Crippen molar-refractivity contribution in [3.05, 3.63) is 59.7 Å². The van der Waals surface area contributed by atoms with Crippen LogP contribution in [0, 0.1) is 0 Å². The molecule has 2 aromatic carbocycles. The molecule has 2 aromatic rings. The monoisotopic (exact) mass is 404 g/mol. The SMILES string of the molecule is CC(Oc1ccc(C(C)(C)C)cc1)C(=O)NCCc1ccc(S(N)(=O)=O)cc1. The van der Waals surface area contributed by atoms with Gasteiger partial charge in [-0.2, -0.15) is 0 Å². The zero-order valence-corrected chi connectivity index (χ0v) is 17.5. The number of ether oxygens (including phenoxy) is 1. The van der Waals surface area contributed by atoms with Crippen molar-refractivity contribution in [2.24, 2.45) is 5.14 Å². The summed E-state index contributed by atoms with van der Waals surface area (Å²) in [5, 5.41) is 7.90. The predicted molar refractivity (Wildman–Crippen MR) is 110 cm³/mol. The van der Waals surface area contributed by atoms with Crippen LogP contribution in [0.1, 0.15) is 38.8 Å². The quantitative estimate of drug-likeness (QED) is 0.741. The van der Waals surface area contributed by atoms with Crippen LogP contribution in [0.4, 0.5) is 0 Å². The second-order valence-corrected chi connectivity index (χ2v) is 9.33. The van der Waals surface area contributed by atoms with Gasteiger partial charge in [-0.3, -0.25) is 4.79 Å². The number of nitrogens with one attached hydrogen (secondary N) is 1. The van der Waals surface area contributed by atoms with Crippen LogP contribution in [0.15, 0.2) is 53.4 Å². The van der Waals surface area contributed by atoms with Gasteiger partial charge in [0.1, 0.15) is 5.75 Å². The second-order valence-electron chi connectivity index (χ2n) is 7.76. The maximum atomic E-state index is 12.2. The Bertz CT molecular complexity index is 899. The number of amides is 1. The molecule has 152 valence electrons. The van der Waals surface area contributed by atoms with Gasteiger partial charge < -0.3 is 10.1 Å². The summed E-state index contributed by atoms with van der Waals surface area (Å²) in [5.74, 6) is 0.440. The minimum atomic E-state index is -3.69. The molecule has 6 nitrogen and oxygen atoms in total. The van der Waals surface area contributed by atoms with Gasteiger partial charge in [0.15, 0.2) is 6.10 Å². The van der Waals surface area contributed by atoms with Crippen LogP contribution >= 0.6 is 0 Å². The van der Waals surface area contributed by atoms with Crippen molar-refractivity contribution in [1.82, 2.24) is 5.32 Å². The summed E-state index contributed by atoms with van der Waals surface area (Å²) >= 11 is 0. The lowest BCUT2D eigenvalue weighted by Crippen LogP contribution is -2.37. The first-order valence-corrected chi connectivity index (χ1v) is 10.7. The van der Waals surface area contributed by atoms with Crippen molar-refractivity contribution in [2.75, 3.05) is 6.54 Å². The molecule has 0 aliphatic heterocycles. The molecule has 0 radical (unpaired) electrons. The van der Waals surface area contributed by atoms with Crippen molar-refractivity contribution in [3.63, 3.8) is 0 Å². The zero-order chi connectivity index (χ0) is 20.9. The summed E-state index contributed by atoms with van der Waals surface area (Å²) in [5.41, 5.74) is 2.16. The largest absolute Gasteiger partial charge is 0.481 e. The second kappa shape index (κ2) is 8.75. The minimum Gasteiger partial charge on any atom is -0.481 e. The Morgan fingerprint density at radius 3 is 2.14 bits per heavy atom. The Morgan fingerprint density at radius 1 is 1.07 bits per heavy atom. The van der Waals surface area contributed by atoms with Gasteiger partial charge in [0.25, 0.3) is 5.91 Å². The Labute approximate surface area is 167 Å². The number of hydrogen-bond acceptors (Lipinski definition) is 4. The van der Waals surface area contributed by atoms with E-state index in [0.29, 0.717) is 18.7 Å². The zero-order valence-electron chi connectivity index (χ0n) is 16.7. The van der Waals surface area contributed by atoms with E-state index in [0.717, 1.165) is 5.56 Å². The van der Waals surface area contributed by atoms with E-state index in [2.05, 4.69) is 26.1 Å². The Balaban J connectivity index is 1.82. The highest BCUT2D eigenvalue weighted by Gasteiger charge is 2.16. The summed E-state index contributed by atoms with van der Waals surface area (Å²) in [6.45, 7) is 8.54. The summed E-state index contributed by atoms with van der Waals surface area (Å²) in [4.78, 5) is 12.3. The highest BCUT2D eigenvalue weighted by atomic mass is 32.2. The molecule has 0 aliphatic rings. The van der Waals surface area contributed by atoms with E-state index in [1.54, 1.807) is 19.1 Å². The van der Waals surface area contributed by atoms with Gasteiger partial charge in [-0.05, 0) is 54.2 Å². The number of sulfonamides is 1. The molecular weight excluding hydrogens is 376 g/mol. The number of carbonyl (C=O) groups excluding carboxylic acids is 1. The summed E-state index contributed by atoms with van der Waals surface area (Å²) in [7, 11) is -3.69. The molecule has 0 aromatic heterocycles. The Hall–Kier alpha value is -2.38. The van der Waals surface area contributed by atoms with E-state index in [-0.39, 0.29) is 16.2 Å². The predicted octanol–water partition coefficient (Wildman–Crippen LogP) is 2.76. The van der Waals surface area contributed by atoms with Crippen LogP contribution < -0.4 is 15.2 Å². The van der Waals surface area contributed by atoms with Gasteiger partial charge in [-0.1, -0.05) is 45.0 Å². The fourth-order valence-corrected chi connectivity index (χ4v) is 3.13. The molecule has 1 atom stereocenters. The van der Waals surface area contributed by atoms with Crippen LogP contribution in [0.2, 0.25) is 0 Å². The number of primary sulfonamides is 1. The molecule has 0 heterocycles. The fraction of sp³-hybridized carbons (Fsp3) is 0.381. The highest BCUT2D eigenvalue weighted by Crippen LogP contribution is 2.24. The molecule has 28 heavy (non-hydrogen) atoms. The van der Waals surface area contributed by atoms with Gasteiger partial charge in [-0.25, -0.2) is 13.6 Å².